The standard InChI is InChI=1S/C57H35N3/c1-3-13-39(14-4-1)55-58-56(40-15-5-2-6-16-40)60-57(59-55)41-29-25-36(26-30-41)43-33-34-44(46-20-8-7-19-45(43)46)42-31-32-49-51-24-12-18-38-28-27-37-17-11-23-50(53(37)54(38)51)47-21-9-10-22-48(47)52(49)35-42/h1-35H. The van der Waals surface area contributed by atoms with Gasteiger partial charge in [-0.05, 0) is 93.0 Å². The van der Waals surface area contributed by atoms with Crippen molar-refractivity contribution < 1.29 is 0 Å². The SMILES string of the molecule is c1ccc(-c2nc(-c3ccccc3)nc(-c3ccc(-c4ccc(-c5ccc6c(c5)c5ccccc5c5cccc7ccc8cccc6c8c75)c5ccccc45)cc3)n2)cc1. The van der Waals surface area contributed by atoms with Gasteiger partial charge in [-0.1, -0.05) is 206 Å². The molecule has 0 bridgehead atoms. The number of rotatable bonds is 5. The van der Waals surface area contributed by atoms with Crippen LogP contribution in [0.25, 0.3) is 121 Å². The van der Waals surface area contributed by atoms with Crippen LogP contribution in [0.1, 0.15) is 0 Å². The predicted octanol–water partition coefficient (Wildman–Crippen LogP) is 15.1. The zero-order chi connectivity index (χ0) is 39.6. The molecule has 1 aromatic heterocycles. The van der Waals surface area contributed by atoms with Crippen molar-refractivity contribution >= 4 is 64.6 Å². The van der Waals surface area contributed by atoms with E-state index in [9.17, 15) is 0 Å². The molecule has 0 amide bonds. The van der Waals surface area contributed by atoms with Crippen molar-refractivity contribution in [1.29, 1.82) is 0 Å². The maximum Gasteiger partial charge on any atom is 0.164 e. The minimum absolute atomic E-state index is 0.645. The molecule has 11 aromatic carbocycles. The molecule has 0 unspecified atom stereocenters. The van der Waals surface area contributed by atoms with Crippen LogP contribution in [-0.2, 0) is 0 Å². The lowest BCUT2D eigenvalue weighted by Crippen LogP contribution is -2.00. The fraction of sp³-hybridized carbons (Fsp3) is 0. The number of hydrogen-bond donors (Lipinski definition) is 0. The lowest BCUT2D eigenvalue weighted by molar-refractivity contribution is 1.07. The minimum Gasteiger partial charge on any atom is -0.208 e. The van der Waals surface area contributed by atoms with E-state index >= 15 is 0 Å². The molecule has 1 heterocycles. The summed E-state index contributed by atoms with van der Waals surface area (Å²) in [4.78, 5) is 14.8. The van der Waals surface area contributed by atoms with E-state index in [1.807, 2.05) is 60.7 Å². The first-order valence-corrected chi connectivity index (χ1v) is 20.4. The van der Waals surface area contributed by atoms with Gasteiger partial charge in [-0.15, -0.1) is 0 Å². The number of nitrogens with zero attached hydrogens (tertiary/aromatic N) is 3. The van der Waals surface area contributed by atoms with Crippen LogP contribution >= 0.6 is 0 Å². The molecule has 0 radical (unpaired) electrons. The normalized spacial score (nSPS) is 11.7. The topological polar surface area (TPSA) is 38.7 Å². The Morgan fingerprint density at radius 1 is 0.217 bits per heavy atom. The van der Waals surface area contributed by atoms with Gasteiger partial charge in [0.25, 0.3) is 0 Å². The first-order valence-electron chi connectivity index (χ1n) is 20.4. The van der Waals surface area contributed by atoms with Crippen molar-refractivity contribution in [2.24, 2.45) is 0 Å². The smallest absolute Gasteiger partial charge is 0.164 e. The van der Waals surface area contributed by atoms with E-state index < -0.39 is 0 Å². The highest BCUT2D eigenvalue weighted by molar-refractivity contribution is 6.33. The number of benzene rings is 10. The summed E-state index contributed by atoms with van der Waals surface area (Å²) in [6, 6.07) is 76.2. The van der Waals surface area contributed by atoms with Gasteiger partial charge in [0.2, 0.25) is 0 Å². The van der Waals surface area contributed by atoms with Gasteiger partial charge >= 0.3 is 0 Å². The Morgan fingerprint density at radius 3 is 1.13 bits per heavy atom. The maximum absolute atomic E-state index is 4.96. The highest BCUT2D eigenvalue weighted by atomic mass is 15.0. The van der Waals surface area contributed by atoms with Crippen molar-refractivity contribution in [2.45, 2.75) is 0 Å². The van der Waals surface area contributed by atoms with Crippen LogP contribution in [0.3, 0.4) is 0 Å². The quantitative estimate of drug-likeness (QED) is 0.164. The molecule has 12 rings (SSSR count). The van der Waals surface area contributed by atoms with Crippen LogP contribution in [0.4, 0.5) is 0 Å². The number of hydrogen-bond acceptors (Lipinski definition) is 3. The fourth-order valence-corrected chi connectivity index (χ4v) is 9.27. The van der Waals surface area contributed by atoms with Crippen LogP contribution in [-0.4, -0.2) is 15.0 Å². The third-order valence-corrected chi connectivity index (χ3v) is 12.1. The number of aromatic nitrogens is 3. The van der Waals surface area contributed by atoms with Crippen molar-refractivity contribution in [3.05, 3.63) is 212 Å². The molecule has 0 fully saturated rings. The molecule has 0 atom stereocenters. The predicted molar refractivity (Wildman–Crippen MR) is 252 cm³/mol. The zero-order valence-corrected chi connectivity index (χ0v) is 32.5. The molecule has 0 aliphatic carbocycles. The van der Waals surface area contributed by atoms with E-state index in [-0.39, 0.29) is 0 Å². The molecule has 12 aromatic rings. The van der Waals surface area contributed by atoms with Crippen molar-refractivity contribution in [3.8, 4) is 56.4 Å². The molecule has 0 N–H and O–H groups in total. The largest absolute Gasteiger partial charge is 0.208 e. The fourth-order valence-electron chi connectivity index (χ4n) is 9.27. The summed E-state index contributed by atoms with van der Waals surface area (Å²) >= 11 is 0. The molecule has 0 aliphatic heterocycles. The molecular weight excluding hydrogens is 727 g/mol. The average Bonchev–Trinajstić information content (AvgIpc) is 3.33. The van der Waals surface area contributed by atoms with Crippen LogP contribution in [0.5, 0.6) is 0 Å². The Balaban J connectivity index is 0.999. The molecule has 60 heavy (non-hydrogen) atoms. The summed E-state index contributed by atoms with van der Waals surface area (Å²) in [5, 5.41) is 15.2. The van der Waals surface area contributed by atoms with E-state index in [1.54, 1.807) is 0 Å². The summed E-state index contributed by atoms with van der Waals surface area (Å²) in [6.45, 7) is 0. The molecule has 0 saturated carbocycles. The Labute approximate surface area is 346 Å². The second-order valence-corrected chi connectivity index (χ2v) is 15.5. The van der Waals surface area contributed by atoms with Gasteiger partial charge in [0.15, 0.2) is 17.5 Å². The van der Waals surface area contributed by atoms with Crippen LogP contribution in [0.15, 0.2) is 212 Å². The van der Waals surface area contributed by atoms with Gasteiger partial charge in [-0.2, -0.15) is 0 Å². The molecule has 278 valence electrons. The Morgan fingerprint density at radius 2 is 0.600 bits per heavy atom. The van der Waals surface area contributed by atoms with Gasteiger partial charge in [0, 0.05) is 16.7 Å². The van der Waals surface area contributed by atoms with E-state index in [2.05, 4.69) is 152 Å². The highest BCUT2D eigenvalue weighted by Crippen LogP contribution is 2.42. The molecule has 3 nitrogen and oxygen atoms in total. The lowest BCUT2D eigenvalue weighted by Gasteiger charge is -2.15. The van der Waals surface area contributed by atoms with E-state index in [1.165, 1.54) is 81.3 Å². The molecule has 3 heteroatoms. The van der Waals surface area contributed by atoms with Gasteiger partial charge in [-0.25, -0.2) is 15.0 Å². The first-order chi connectivity index (χ1) is 29.7. The Bertz CT molecular complexity index is 3580. The summed E-state index contributed by atoms with van der Waals surface area (Å²) in [5.41, 5.74) is 7.56. The van der Waals surface area contributed by atoms with Gasteiger partial charge < -0.3 is 0 Å². The number of fused-ring (bicyclic) bond motifs is 6. The van der Waals surface area contributed by atoms with Crippen LogP contribution in [0, 0.1) is 0 Å². The first kappa shape index (κ1) is 34.1. The van der Waals surface area contributed by atoms with Crippen molar-refractivity contribution in [1.82, 2.24) is 15.0 Å². The minimum atomic E-state index is 0.645. The lowest BCUT2D eigenvalue weighted by atomic mass is 9.88. The van der Waals surface area contributed by atoms with E-state index in [0.29, 0.717) is 17.5 Å². The van der Waals surface area contributed by atoms with Crippen LogP contribution in [0.2, 0.25) is 0 Å². The molecule has 0 spiro atoms. The Kier molecular flexibility index (Phi) is 7.85. The third kappa shape index (κ3) is 5.55. The molecular formula is C57H35N3. The Hall–Kier alpha value is -8.01. The summed E-state index contributed by atoms with van der Waals surface area (Å²) < 4.78 is 0. The van der Waals surface area contributed by atoms with Gasteiger partial charge in [0.05, 0.1) is 0 Å². The van der Waals surface area contributed by atoms with E-state index in [4.69, 9.17) is 15.0 Å². The van der Waals surface area contributed by atoms with Gasteiger partial charge in [0.1, 0.15) is 0 Å². The maximum atomic E-state index is 4.96. The second kappa shape index (κ2) is 13.8. The summed E-state index contributed by atoms with van der Waals surface area (Å²) in [6.07, 6.45) is 0. The monoisotopic (exact) mass is 761 g/mol. The summed E-state index contributed by atoms with van der Waals surface area (Å²) in [5.74, 6) is 1.95. The zero-order valence-electron chi connectivity index (χ0n) is 32.5. The average molecular weight is 762 g/mol. The van der Waals surface area contributed by atoms with Gasteiger partial charge in [-0.3, -0.25) is 0 Å². The molecule has 0 aliphatic rings. The third-order valence-electron chi connectivity index (χ3n) is 12.1. The van der Waals surface area contributed by atoms with Crippen molar-refractivity contribution in [3.63, 3.8) is 0 Å². The van der Waals surface area contributed by atoms with Crippen molar-refractivity contribution in [2.75, 3.05) is 0 Å². The molecule has 0 saturated heterocycles. The second-order valence-electron chi connectivity index (χ2n) is 15.5. The highest BCUT2D eigenvalue weighted by Gasteiger charge is 2.16. The van der Waals surface area contributed by atoms with Crippen LogP contribution < -0.4 is 0 Å². The van der Waals surface area contributed by atoms with E-state index in [0.717, 1.165) is 22.3 Å². The summed E-state index contributed by atoms with van der Waals surface area (Å²) in [7, 11) is 0.